The Bertz CT molecular complexity index is 620. The minimum Gasteiger partial charge on any atom is -0.464 e. The maximum absolute atomic E-state index is 5.44. The molecule has 0 atom stereocenters. The van der Waals surface area contributed by atoms with Crippen LogP contribution in [-0.4, -0.2) is 0 Å². The van der Waals surface area contributed by atoms with E-state index in [9.17, 15) is 0 Å². The van der Waals surface area contributed by atoms with Crippen LogP contribution >= 0.6 is 0 Å². The van der Waals surface area contributed by atoms with Crippen LogP contribution < -0.4 is 0 Å². The van der Waals surface area contributed by atoms with Gasteiger partial charge in [-0.15, -0.1) is 0 Å². The molecule has 3 rings (SSSR count). The van der Waals surface area contributed by atoms with E-state index in [1.54, 1.807) is 6.26 Å². The van der Waals surface area contributed by atoms with Crippen molar-refractivity contribution in [2.45, 2.75) is 6.92 Å². The van der Waals surface area contributed by atoms with Crippen molar-refractivity contribution in [3.63, 3.8) is 0 Å². The van der Waals surface area contributed by atoms with E-state index < -0.39 is 0 Å². The van der Waals surface area contributed by atoms with Gasteiger partial charge < -0.3 is 4.42 Å². The zero-order chi connectivity index (χ0) is 11.0. The van der Waals surface area contributed by atoms with E-state index in [2.05, 4.69) is 43.3 Å². The Hall–Kier alpha value is -2.02. The fourth-order valence-corrected chi connectivity index (χ4v) is 2.06. The Balaban J connectivity index is 2.25. The summed E-state index contributed by atoms with van der Waals surface area (Å²) >= 11 is 0. The Kier molecular flexibility index (Phi) is 2.03. The highest BCUT2D eigenvalue weighted by Crippen LogP contribution is 2.27. The maximum Gasteiger partial charge on any atom is 0.136 e. The fraction of sp³-hybridized carbons (Fsp3) is 0.0667. The van der Waals surface area contributed by atoms with Gasteiger partial charge in [-0.3, -0.25) is 0 Å². The lowest BCUT2D eigenvalue weighted by molar-refractivity contribution is 0.613. The monoisotopic (exact) mass is 208 g/mol. The largest absolute Gasteiger partial charge is 0.464 e. The number of hydrogen-bond acceptors (Lipinski definition) is 1. The van der Waals surface area contributed by atoms with Crippen molar-refractivity contribution in [2.75, 3.05) is 0 Å². The minimum atomic E-state index is 0.986. The van der Waals surface area contributed by atoms with Crippen molar-refractivity contribution in [1.29, 1.82) is 0 Å². The lowest BCUT2D eigenvalue weighted by Gasteiger charge is -2.03. The summed E-state index contributed by atoms with van der Waals surface area (Å²) in [5.41, 5.74) is 4.65. The van der Waals surface area contributed by atoms with Crippen molar-refractivity contribution in [2.24, 2.45) is 0 Å². The van der Waals surface area contributed by atoms with Crippen LogP contribution in [0.25, 0.3) is 22.1 Å². The van der Waals surface area contributed by atoms with Crippen LogP contribution in [0, 0.1) is 6.92 Å². The molecule has 3 aromatic rings. The number of benzene rings is 2. The third-order valence-corrected chi connectivity index (χ3v) is 2.84. The third-order valence-electron chi connectivity index (χ3n) is 2.84. The maximum atomic E-state index is 5.44. The summed E-state index contributed by atoms with van der Waals surface area (Å²) in [6.45, 7) is 2.08. The lowest BCUT2D eigenvalue weighted by Crippen LogP contribution is -1.80. The number of hydrogen-bond donors (Lipinski definition) is 0. The first-order valence-corrected chi connectivity index (χ1v) is 5.38. The lowest BCUT2D eigenvalue weighted by atomic mass is 10.0. The average Bonchev–Trinajstić information content (AvgIpc) is 2.79. The molecule has 0 fully saturated rings. The third kappa shape index (κ3) is 1.41. The summed E-state index contributed by atoms with van der Waals surface area (Å²) in [7, 11) is 0. The molecular formula is C15H12O. The van der Waals surface area contributed by atoms with Crippen molar-refractivity contribution < 1.29 is 4.42 Å². The quantitative estimate of drug-likeness (QED) is 0.577. The summed E-state index contributed by atoms with van der Waals surface area (Å²) in [5, 5.41) is 1.17. The van der Waals surface area contributed by atoms with Crippen LogP contribution in [0.1, 0.15) is 5.56 Å². The summed E-state index contributed by atoms with van der Waals surface area (Å²) in [4.78, 5) is 0. The van der Waals surface area contributed by atoms with Crippen LogP contribution in [0.3, 0.4) is 0 Å². The Labute approximate surface area is 94.3 Å². The second kappa shape index (κ2) is 3.53. The molecule has 1 nitrogen and oxygen atoms in total. The molecule has 0 radical (unpaired) electrons. The van der Waals surface area contributed by atoms with Gasteiger partial charge in [0.2, 0.25) is 0 Å². The van der Waals surface area contributed by atoms with Crippen molar-refractivity contribution in [3.8, 4) is 11.1 Å². The standard InChI is InChI=1S/C15H12O/c1-11-9-14(12-5-3-2-4-6-12)10-13-7-8-16-15(11)13/h2-10H,1H3. The van der Waals surface area contributed by atoms with Gasteiger partial charge in [-0.25, -0.2) is 0 Å². The van der Waals surface area contributed by atoms with Crippen LogP contribution in [0.5, 0.6) is 0 Å². The fourth-order valence-electron chi connectivity index (χ4n) is 2.06. The molecule has 0 unspecified atom stereocenters. The van der Waals surface area contributed by atoms with E-state index in [0.29, 0.717) is 0 Å². The topological polar surface area (TPSA) is 13.1 Å². The molecule has 0 amide bonds. The SMILES string of the molecule is Cc1cc(-c2ccccc2)cc2ccoc12. The van der Waals surface area contributed by atoms with Gasteiger partial charge in [0.1, 0.15) is 5.58 Å². The Morgan fingerprint density at radius 1 is 0.875 bits per heavy atom. The van der Waals surface area contributed by atoms with Gasteiger partial charge in [-0.1, -0.05) is 30.3 Å². The predicted octanol–water partition coefficient (Wildman–Crippen LogP) is 4.41. The van der Waals surface area contributed by atoms with Gasteiger partial charge in [0.15, 0.2) is 0 Å². The van der Waals surface area contributed by atoms with Gasteiger partial charge in [-0.05, 0) is 41.8 Å². The first kappa shape index (κ1) is 9.22. The normalized spacial score (nSPS) is 10.8. The molecule has 0 saturated carbocycles. The van der Waals surface area contributed by atoms with Gasteiger partial charge in [0.05, 0.1) is 6.26 Å². The number of fused-ring (bicyclic) bond motifs is 1. The molecule has 0 bridgehead atoms. The number of furan rings is 1. The molecule has 0 aliphatic carbocycles. The van der Waals surface area contributed by atoms with Gasteiger partial charge >= 0.3 is 0 Å². The number of rotatable bonds is 1. The van der Waals surface area contributed by atoms with E-state index in [1.165, 1.54) is 22.1 Å². The minimum absolute atomic E-state index is 0.986. The molecule has 0 spiro atoms. The van der Waals surface area contributed by atoms with Crippen LogP contribution in [-0.2, 0) is 0 Å². The second-order valence-electron chi connectivity index (χ2n) is 4.00. The number of aryl methyl sites for hydroxylation is 1. The molecule has 2 aromatic carbocycles. The predicted molar refractivity (Wildman–Crippen MR) is 66.4 cm³/mol. The first-order chi connectivity index (χ1) is 7.84. The molecule has 0 N–H and O–H groups in total. The van der Waals surface area contributed by atoms with E-state index >= 15 is 0 Å². The van der Waals surface area contributed by atoms with Crippen LogP contribution in [0.4, 0.5) is 0 Å². The summed E-state index contributed by atoms with van der Waals surface area (Å²) in [6, 6.07) is 16.7. The van der Waals surface area contributed by atoms with Gasteiger partial charge in [0.25, 0.3) is 0 Å². The molecule has 1 aromatic heterocycles. The van der Waals surface area contributed by atoms with E-state index in [0.717, 1.165) is 5.58 Å². The highest BCUT2D eigenvalue weighted by Gasteiger charge is 2.04. The average molecular weight is 208 g/mol. The Morgan fingerprint density at radius 2 is 1.69 bits per heavy atom. The van der Waals surface area contributed by atoms with E-state index in [-0.39, 0.29) is 0 Å². The zero-order valence-electron chi connectivity index (χ0n) is 9.10. The molecule has 16 heavy (non-hydrogen) atoms. The molecule has 1 heteroatoms. The molecule has 78 valence electrons. The van der Waals surface area contributed by atoms with Gasteiger partial charge in [-0.2, -0.15) is 0 Å². The highest BCUT2D eigenvalue weighted by atomic mass is 16.3. The van der Waals surface area contributed by atoms with Crippen LogP contribution in [0.2, 0.25) is 0 Å². The summed E-state index contributed by atoms with van der Waals surface area (Å²) < 4.78 is 5.44. The van der Waals surface area contributed by atoms with Crippen molar-refractivity contribution >= 4 is 11.0 Å². The van der Waals surface area contributed by atoms with Crippen LogP contribution in [0.15, 0.2) is 59.2 Å². The second-order valence-corrected chi connectivity index (χ2v) is 4.00. The van der Waals surface area contributed by atoms with Gasteiger partial charge in [0, 0.05) is 5.39 Å². The molecule has 0 saturated heterocycles. The molecule has 1 heterocycles. The zero-order valence-corrected chi connectivity index (χ0v) is 9.10. The molecule has 0 aliphatic rings. The first-order valence-electron chi connectivity index (χ1n) is 5.38. The Morgan fingerprint density at radius 3 is 2.50 bits per heavy atom. The highest BCUT2D eigenvalue weighted by molar-refractivity contribution is 5.86. The summed E-state index contributed by atoms with van der Waals surface area (Å²) in [6.07, 6.45) is 1.74. The van der Waals surface area contributed by atoms with E-state index in [1.807, 2.05) is 12.1 Å². The molecular weight excluding hydrogens is 196 g/mol. The molecule has 0 aliphatic heterocycles. The van der Waals surface area contributed by atoms with Crippen molar-refractivity contribution in [3.05, 3.63) is 60.4 Å². The summed E-state index contributed by atoms with van der Waals surface area (Å²) in [5.74, 6) is 0. The smallest absolute Gasteiger partial charge is 0.136 e. The van der Waals surface area contributed by atoms with E-state index in [4.69, 9.17) is 4.42 Å². The van der Waals surface area contributed by atoms with Crippen molar-refractivity contribution in [1.82, 2.24) is 0 Å².